The summed E-state index contributed by atoms with van der Waals surface area (Å²) in [4.78, 5) is 38.0. The lowest BCUT2D eigenvalue weighted by Gasteiger charge is -2.36. The van der Waals surface area contributed by atoms with E-state index in [0.29, 0.717) is 46.5 Å². The number of carbonyl (C=O) groups excluding carboxylic acids is 2. The van der Waals surface area contributed by atoms with Crippen LogP contribution >= 0.6 is 0 Å². The molecule has 0 radical (unpaired) electrons. The van der Waals surface area contributed by atoms with Crippen LogP contribution in [-0.4, -0.2) is 60.8 Å². The molecule has 0 saturated carbocycles. The molecule has 3 aromatic heterocycles. The van der Waals surface area contributed by atoms with Crippen molar-refractivity contribution >= 4 is 34.1 Å². The summed E-state index contributed by atoms with van der Waals surface area (Å²) in [5.74, 6) is -0.704. The number of fused-ring (bicyclic) bond motifs is 2. The van der Waals surface area contributed by atoms with Gasteiger partial charge in [0.2, 0.25) is 5.91 Å². The molecule has 1 saturated heterocycles. The highest BCUT2D eigenvalue weighted by atomic mass is 19.1. The average molecular weight is 462 g/mol. The molecule has 0 aliphatic carbocycles. The summed E-state index contributed by atoms with van der Waals surface area (Å²) >= 11 is 0. The molecular weight excluding hydrogens is 443 g/mol. The van der Waals surface area contributed by atoms with E-state index in [2.05, 4.69) is 31.4 Å². The number of hydrogen-bond acceptors (Lipinski definition) is 7. The summed E-state index contributed by atoms with van der Waals surface area (Å²) in [5.41, 5.74) is 2.22. The monoisotopic (exact) mass is 462 g/mol. The Kier molecular flexibility index (Phi) is 5.09. The van der Waals surface area contributed by atoms with Gasteiger partial charge in [0, 0.05) is 31.7 Å². The molecule has 1 atom stereocenters. The van der Waals surface area contributed by atoms with Crippen LogP contribution in [0, 0.1) is 23.1 Å². The van der Waals surface area contributed by atoms with Crippen LogP contribution in [0.4, 0.5) is 9.18 Å². The molecule has 11 nitrogen and oxygen atoms in total. The van der Waals surface area contributed by atoms with E-state index in [-0.39, 0.29) is 23.4 Å². The van der Waals surface area contributed by atoms with E-state index in [1.165, 1.54) is 29.4 Å². The van der Waals surface area contributed by atoms with Crippen LogP contribution in [0.25, 0.3) is 33.5 Å². The minimum Gasteiger partial charge on any atom is -0.406 e. The molecule has 1 aliphatic heterocycles. The van der Waals surface area contributed by atoms with Crippen LogP contribution in [0.15, 0.2) is 30.6 Å². The van der Waals surface area contributed by atoms with Crippen LogP contribution in [0.3, 0.4) is 0 Å². The van der Waals surface area contributed by atoms with Gasteiger partial charge in [-0.05, 0) is 25.1 Å². The van der Waals surface area contributed by atoms with Crippen molar-refractivity contribution in [2.24, 2.45) is 13.0 Å². The molecule has 2 N–H and O–H groups in total. The molecule has 0 spiro atoms. The van der Waals surface area contributed by atoms with E-state index in [1.807, 2.05) is 0 Å². The lowest BCUT2D eigenvalue weighted by atomic mass is 10.0. The number of aromatic amines is 1. The number of H-pyrrole nitrogens is 1. The number of carbonyl (C=O) groups is 2. The van der Waals surface area contributed by atoms with Crippen LogP contribution in [0.1, 0.15) is 6.92 Å². The molecule has 1 aliphatic rings. The first-order valence-electron chi connectivity index (χ1n) is 10.5. The van der Waals surface area contributed by atoms with Crippen molar-refractivity contribution in [3.63, 3.8) is 0 Å². The standard InChI is InChI=1S/C22H19FN8O3/c1-11(21(32)31-9-12(6-24)10-31)27-22(33)34-17-8-26-20-19(17)28-15(7-25-20)18-14-4-3-13(23)5-16(14)30(2)29-18/h3-5,7-8,11-12H,9-10H2,1-2H3,(H,25,26)(H,27,33)/t11-/m1/s1. The zero-order chi connectivity index (χ0) is 24.0. The average Bonchev–Trinajstić information content (AvgIpc) is 3.33. The fourth-order valence-corrected chi connectivity index (χ4v) is 3.86. The van der Waals surface area contributed by atoms with Crippen molar-refractivity contribution in [1.82, 2.24) is 34.9 Å². The third kappa shape index (κ3) is 3.66. The van der Waals surface area contributed by atoms with Crippen LogP contribution < -0.4 is 10.1 Å². The number of nitrogens with zero attached hydrogens (tertiary/aromatic N) is 6. The first kappa shape index (κ1) is 21.3. The molecule has 0 unspecified atom stereocenters. The fraction of sp³-hybridized carbons (Fsp3) is 0.273. The molecule has 1 fully saturated rings. The first-order chi connectivity index (χ1) is 16.3. The van der Waals surface area contributed by atoms with Gasteiger partial charge in [0.15, 0.2) is 16.9 Å². The number of nitrogens with one attached hydrogen (secondary N) is 2. The molecule has 5 rings (SSSR count). The SMILES string of the molecule is C[C@@H](NC(=O)Oc1c[nH]c2ncc(-c3nn(C)c4cc(F)ccc34)nc12)C(=O)N1CC(C#N)C1. The Morgan fingerprint density at radius 3 is 2.94 bits per heavy atom. The summed E-state index contributed by atoms with van der Waals surface area (Å²) in [6.07, 6.45) is 2.14. The summed E-state index contributed by atoms with van der Waals surface area (Å²) in [5, 5.41) is 16.5. The second kappa shape index (κ2) is 8.11. The van der Waals surface area contributed by atoms with Gasteiger partial charge in [-0.2, -0.15) is 10.4 Å². The molecule has 172 valence electrons. The number of aryl methyl sites for hydroxylation is 1. The Morgan fingerprint density at radius 2 is 2.18 bits per heavy atom. The number of likely N-dealkylation sites (tertiary alicyclic amines) is 1. The van der Waals surface area contributed by atoms with Gasteiger partial charge in [-0.1, -0.05) is 0 Å². The third-order valence-corrected chi connectivity index (χ3v) is 5.69. The van der Waals surface area contributed by atoms with Crippen molar-refractivity contribution < 1.29 is 18.7 Å². The molecule has 34 heavy (non-hydrogen) atoms. The van der Waals surface area contributed by atoms with Gasteiger partial charge in [-0.3, -0.25) is 9.48 Å². The number of halogens is 1. The van der Waals surface area contributed by atoms with E-state index >= 15 is 0 Å². The quantitative estimate of drug-likeness (QED) is 0.473. The van der Waals surface area contributed by atoms with Crippen LogP contribution in [0.2, 0.25) is 0 Å². The number of amides is 2. The topological polar surface area (TPSA) is 142 Å². The highest BCUT2D eigenvalue weighted by Gasteiger charge is 2.33. The predicted octanol–water partition coefficient (Wildman–Crippen LogP) is 2.11. The van der Waals surface area contributed by atoms with Gasteiger partial charge in [0.25, 0.3) is 0 Å². The van der Waals surface area contributed by atoms with E-state index in [9.17, 15) is 14.0 Å². The molecule has 4 aromatic rings. The number of hydrogen-bond donors (Lipinski definition) is 2. The highest BCUT2D eigenvalue weighted by molar-refractivity contribution is 5.94. The van der Waals surface area contributed by atoms with Crippen LogP contribution in [0.5, 0.6) is 5.75 Å². The summed E-state index contributed by atoms with van der Waals surface area (Å²) in [6.45, 7) is 2.25. The summed E-state index contributed by atoms with van der Waals surface area (Å²) in [6, 6.07) is 5.63. The number of ether oxygens (including phenoxy) is 1. The highest BCUT2D eigenvalue weighted by Crippen LogP contribution is 2.30. The maximum Gasteiger partial charge on any atom is 0.413 e. The zero-order valence-corrected chi connectivity index (χ0v) is 18.2. The second-order valence-electron chi connectivity index (χ2n) is 8.06. The molecule has 12 heteroatoms. The maximum atomic E-state index is 13.6. The minimum atomic E-state index is -0.829. The molecule has 1 aromatic carbocycles. The van der Waals surface area contributed by atoms with Gasteiger partial charge >= 0.3 is 6.09 Å². The van der Waals surface area contributed by atoms with E-state index in [1.54, 1.807) is 24.7 Å². The van der Waals surface area contributed by atoms with Gasteiger partial charge in [-0.15, -0.1) is 0 Å². The number of aromatic nitrogens is 5. The predicted molar refractivity (Wildman–Crippen MR) is 118 cm³/mol. The third-order valence-electron chi connectivity index (χ3n) is 5.69. The Morgan fingerprint density at radius 1 is 1.38 bits per heavy atom. The molecule has 4 heterocycles. The second-order valence-corrected chi connectivity index (χ2v) is 8.06. The van der Waals surface area contributed by atoms with Crippen molar-refractivity contribution in [2.75, 3.05) is 13.1 Å². The van der Waals surface area contributed by atoms with Gasteiger partial charge in [0.1, 0.15) is 23.2 Å². The smallest absolute Gasteiger partial charge is 0.406 e. The van der Waals surface area contributed by atoms with Crippen molar-refractivity contribution in [3.05, 3.63) is 36.4 Å². The summed E-state index contributed by atoms with van der Waals surface area (Å²) in [7, 11) is 1.70. The van der Waals surface area contributed by atoms with E-state index in [0.717, 1.165) is 0 Å². The van der Waals surface area contributed by atoms with Crippen molar-refractivity contribution in [1.29, 1.82) is 5.26 Å². The largest absolute Gasteiger partial charge is 0.413 e. The Labute approximate surface area is 192 Å². The Balaban J connectivity index is 1.35. The normalized spacial score (nSPS) is 14.6. The van der Waals surface area contributed by atoms with Gasteiger partial charge in [-0.25, -0.2) is 19.2 Å². The molecule has 2 amide bonds. The van der Waals surface area contributed by atoms with E-state index < -0.39 is 12.1 Å². The van der Waals surface area contributed by atoms with Crippen molar-refractivity contribution in [2.45, 2.75) is 13.0 Å². The number of nitriles is 1. The lowest BCUT2D eigenvalue weighted by Crippen LogP contribution is -2.56. The van der Waals surface area contributed by atoms with Gasteiger partial charge < -0.3 is 19.9 Å². The first-order valence-corrected chi connectivity index (χ1v) is 10.5. The lowest BCUT2D eigenvalue weighted by molar-refractivity contribution is -0.137. The van der Waals surface area contributed by atoms with E-state index in [4.69, 9.17) is 10.00 Å². The van der Waals surface area contributed by atoms with Crippen molar-refractivity contribution in [3.8, 4) is 23.2 Å². The number of benzene rings is 1. The zero-order valence-electron chi connectivity index (χ0n) is 18.2. The minimum absolute atomic E-state index is 0.126. The fourth-order valence-electron chi connectivity index (χ4n) is 3.86. The Bertz CT molecular complexity index is 1480. The van der Waals surface area contributed by atoms with Crippen LogP contribution in [-0.2, 0) is 11.8 Å². The van der Waals surface area contributed by atoms with Gasteiger partial charge in [0.05, 0.1) is 23.7 Å². The maximum absolute atomic E-state index is 13.6. The number of rotatable bonds is 4. The summed E-state index contributed by atoms with van der Waals surface area (Å²) < 4.78 is 20.6. The Hall–Kier alpha value is -4.53. The molecular formula is C22H19FN8O3. The molecule has 0 bridgehead atoms.